The first-order valence-electron chi connectivity index (χ1n) is 8.57. The van der Waals surface area contributed by atoms with Gasteiger partial charge in [-0.3, -0.25) is 9.69 Å². The van der Waals surface area contributed by atoms with Gasteiger partial charge in [0, 0.05) is 12.3 Å². The van der Waals surface area contributed by atoms with Gasteiger partial charge in [0.05, 0.1) is 11.8 Å². The maximum atomic E-state index is 12.6. The smallest absolute Gasteiger partial charge is 0.137 e. The van der Waals surface area contributed by atoms with E-state index in [1.807, 2.05) is 0 Å². The van der Waals surface area contributed by atoms with E-state index in [2.05, 4.69) is 17.1 Å². The first-order chi connectivity index (χ1) is 10.2. The zero-order chi connectivity index (χ0) is 15.1. The van der Waals surface area contributed by atoms with Crippen molar-refractivity contribution in [3.63, 3.8) is 0 Å². The van der Waals surface area contributed by atoms with Crippen molar-refractivity contribution in [3.8, 4) is 0 Å². The molecule has 2 fully saturated rings. The fraction of sp³-hybridized carbons (Fsp3) is 0.882. The second-order valence-electron chi connectivity index (χ2n) is 6.53. The van der Waals surface area contributed by atoms with Crippen LogP contribution in [0, 0.1) is 5.92 Å². The maximum Gasteiger partial charge on any atom is 0.137 e. The predicted molar refractivity (Wildman–Crippen MR) is 85.5 cm³/mol. The highest BCUT2D eigenvalue weighted by Gasteiger charge is 2.35. The van der Waals surface area contributed by atoms with Crippen LogP contribution >= 0.6 is 0 Å². The van der Waals surface area contributed by atoms with Gasteiger partial charge in [0.15, 0.2) is 0 Å². The number of nitrogens with zero attached hydrogens (tertiary/aromatic N) is 2. The number of hydrogen-bond donors (Lipinski definition) is 0. The molecular weight excluding hydrogens is 264 g/mol. The minimum Gasteiger partial charge on any atom is -0.399 e. The zero-order valence-corrected chi connectivity index (χ0v) is 13.6. The average molecular weight is 294 g/mol. The van der Waals surface area contributed by atoms with Crippen LogP contribution in [0.2, 0.25) is 0 Å². The third-order valence-electron chi connectivity index (χ3n) is 4.95. The van der Waals surface area contributed by atoms with E-state index in [4.69, 9.17) is 4.84 Å². The SMILES string of the molecule is CON=C1CCCCCN(C)C1C1CCCCCCC1=O. The lowest BCUT2D eigenvalue weighted by Crippen LogP contribution is -2.48. The number of oxime groups is 1. The highest BCUT2D eigenvalue weighted by molar-refractivity contribution is 5.95. The molecule has 0 N–H and O–H groups in total. The Labute approximate surface area is 128 Å². The van der Waals surface area contributed by atoms with Gasteiger partial charge < -0.3 is 4.84 Å². The van der Waals surface area contributed by atoms with Crippen molar-refractivity contribution in [2.75, 3.05) is 20.7 Å². The summed E-state index contributed by atoms with van der Waals surface area (Å²) in [4.78, 5) is 20.1. The summed E-state index contributed by atoms with van der Waals surface area (Å²) in [6.07, 6.45) is 11.0. The summed E-state index contributed by atoms with van der Waals surface area (Å²) in [5.74, 6) is 0.554. The predicted octanol–water partition coefficient (Wildman–Crippen LogP) is 3.40. The highest BCUT2D eigenvalue weighted by atomic mass is 16.6. The van der Waals surface area contributed by atoms with Gasteiger partial charge in [-0.25, -0.2) is 0 Å². The maximum absolute atomic E-state index is 12.6. The van der Waals surface area contributed by atoms with E-state index < -0.39 is 0 Å². The fourth-order valence-corrected chi connectivity index (χ4v) is 3.84. The van der Waals surface area contributed by atoms with Crippen molar-refractivity contribution in [3.05, 3.63) is 0 Å². The largest absolute Gasteiger partial charge is 0.399 e. The molecule has 1 aliphatic heterocycles. The van der Waals surface area contributed by atoms with E-state index in [1.165, 1.54) is 32.1 Å². The molecule has 0 aromatic heterocycles. The second-order valence-corrected chi connectivity index (χ2v) is 6.53. The summed E-state index contributed by atoms with van der Waals surface area (Å²) in [5, 5.41) is 4.30. The Balaban J connectivity index is 2.22. The molecule has 1 heterocycles. The van der Waals surface area contributed by atoms with E-state index in [1.54, 1.807) is 7.11 Å². The summed E-state index contributed by atoms with van der Waals surface area (Å²) in [7, 11) is 3.76. The van der Waals surface area contributed by atoms with Crippen molar-refractivity contribution in [2.24, 2.45) is 11.1 Å². The van der Waals surface area contributed by atoms with Crippen molar-refractivity contribution in [2.45, 2.75) is 70.3 Å². The van der Waals surface area contributed by atoms with Crippen LogP contribution in [0.3, 0.4) is 0 Å². The second kappa shape index (κ2) is 8.52. The molecule has 0 aromatic carbocycles. The Hall–Kier alpha value is -0.900. The van der Waals surface area contributed by atoms with Gasteiger partial charge in [-0.2, -0.15) is 0 Å². The highest BCUT2D eigenvalue weighted by Crippen LogP contribution is 2.28. The molecule has 0 spiro atoms. The molecule has 1 saturated heterocycles. The van der Waals surface area contributed by atoms with Crippen LogP contribution < -0.4 is 0 Å². The summed E-state index contributed by atoms with van der Waals surface area (Å²) in [6.45, 7) is 1.05. The number of likely N-dealkylation sites (tertiary alicyclic amines) is 1. The van der Waals surface area contributed by atoms with E-state index in [9.17, 15) is 4.79 Å². The summed E-state index contributed by atoms with van der Waals surface area (Å²) in [6, 6.07) is 0.149. The molecule has 2 aliphatic rings. The lowest BCUT2D eigenvalue weighted by atomic mass is 9.80. The first-order valence-corrected chi connectivity index (χ1v) is 8.57. The van der Waals surface area contributed by atoms with Gasteiger partial charge in [-0.1, -0.05) is 30.8 Å². The summed E-state index contributed by atoms with van der Waals surface area (Å²) >= 11 is 0. The zero-order valence-electron chi connectivity index (χ0n) is 13.6. The van der Waals surface area contributed by atoms with E-state index in [0.29, 0.717) is 5.78 Å². The Morgan fingerprint density at radius 1 is 1.05 bits per heavy atom. The Kier molecular flexibility index (Phi) is 6.68. The molecule has 21 heavy (non-hydrogen) atoms. The topological polar surface area (TPSA) is 41.9 Å². The molecule has 1 saturated carbocycles. The fourth-order valence-electron chi connectivity index (χ4n) is 3.84. The van der Waals surface area contributed by atoms with Crippen LogP contribution in [-0.4, -0.2) is 43.1 Å². The number of hydrogen-bond acceptors (Lipinski definition) is 4. The van der Waals surface area contributed by atoms with Gasteiger partial charge in [-0.05, 0) is 45.7 Å². The van der Waals surface area contributed by atoms with Crippen LogP contribution in [0.5, 0.6) is 0 Å². The van der Waals surface area contributed by atoms with Gasteiger partial charge in [0.1, 0.15) is 12.9 Å². The standard InChI is InChI=1S/C17H30N2O2/c1-19-13-9-5-7-11-15(18-21-2)17(19)14-10-6-3-4-8-12-16(14)20/h14,17H,3-13H2,1-2H3. The number of carbonyl (C=O) groups is 1. The minimum atomic E-state index is 0.113. The van der Waals surface area contributed by atoms with Gasteiger partial charge in [-0.15, -0.1) is 0 Å². The third kappa shape index (κ3) is 4.53. The molecule has 0 radical (unpaired) electrons. The van der Waals surface area contributed by atoms with E-state index >= 15 is 0 Å². The Bertz CT molecular complexity index is 368. The van der Waals surface area contributed by atoms with Crippen LogP contribution in [0.4, 0.5) is 0 Å². The lowest BCUT2D eigenvalue weighted by molar-refractivity contribution is -0.124. The molecule has 1 aliphatic carbocycles. The number of carbonyl (C=O) groups excluding carboxylic acids is 1. The van der Waals surface area contributed by atoms with Crippen molar-refractivity contribution < 1.29 is 9.63 Å². The molecular formula is C17H30N2O2. The first kappa shape index (κ1) is 16.5. The van der Waals surface area contributed by atoms with Crippen molar-refractivity contribution >= 4 is 11.5 Å². The number of Topliss-reactive ketones (excluding diaryl/α,β-unsaturated/α-hetero) is 1. The van der Waals surface area contributed by atoms with Crippen LogP contribution in [0.1, 0.15) is 64.2 Å². The average Bonchev–Trinajstić information content (AvgIpc) is 2.44. The van der Waals surface area contributed by atoms with Crippen molar-refractivity contribution in [1.29, 1.82) is 0 Å². The monoisotopic (exact) mass is 294 g/mol. The van der Waals surface area contributed by atoms with Crippen LogP contribution in [0.15, 0.2) is 5.16 Å². The summed E-state index contributed by atoms with van der Waals surface area (Å²) < 4.78 is 0. The van der Waals surface area contributed by atoms with Crippen LogP contribution in [-0.2, 0) is 9.63 Å². The molecule has 4 nitrogen and oxygen atoms in total. The molecule has 120 valence electrons. The third-order valence-corrected chi connectivity index (χ3v) is 4.95. The van der Waals surface area contributed by atoms with E-state index in [-0.39, 0.29) is 12.0 Å². The lowest BCUT2D eigenvalue weighted by Gasteiger charge is -2.36. The Morgan fingerprint density at radius 3 is 2.57 bits per heavy atom. The van der Waals surface area contributed by atoms with Gasteiger partial charge >= 0.3 is 0 Å². The molecule has 2 unspecified atom stereocenters. The molecule has 0 amide bonds. The molecule has 4 heteroatoms. The molecule has 0 bridgehead atoms. The Morgan fingerprint density at radius 2 is 1.76 bits per heavy atom. The van der Waals surface area contributed by atoms with E-state index in [0.717, 1.165) is 44.4 Å². The molecule has 2 atom stereocenters. The minimum absolute atomic E-state index is 0.113. The molecule has 2 rings (SSSR count). The van der Waals surface area contributed by atoms with Gasteiger partial charge in [0.2, 0.25) is 0 Å². The van der Waals surface area contributed by atoms with Crippen LogP contribution in [0.25, 0.3) is 0 Å². The summed E-state index contributed by atoms with van der Waals surface area (Å²) in [5.41, 5.74) is 1.08. The van der Waals surface area contributed by atoms with Crippen molar-refractivity contribution in [1.82, 2.24) is 4.90 Å². The van der Waals surface area contributed by atoms with Gasteiger partial charge in [0.25, 0.3) is 0 Å². The number of rotatable bonds is 2. The quantitative estimate of drug-likeness (QED) is 0.733. The normalized spacial score (nSPS) is 32.1. The number of ketones is 1. The molecule has 0 aromatic rings.